The van der Waals surface area contributed by atoms with Crippen LogP contribution in [0.4, 0.5) is 4.39 Å². The highest BCUT2D eigenvalue weighted by Gasteiger charge is 2.16. The van der Waals surface area contributed by atoms with Crippen molar-refractivity contribution in [3.05, 3.63) is 58.0 Å². The maximum Gasteiger partial charge on any atom is 0.261 e. The van der Waals surface area contributed by atoms with Crippen molar-refractivity contribution >= 4 is 29.1 Å². The van der Waals surface area contributed by atoms with Crippen LogP contribution in [0.1, 0.15) is 12.5 Å². The molecule has 0 spiro atoms. The van der Waals surface area contributed by atoms with Gasteiger partial charge in [-0.2, -0.15) is 0 Å². The normalized spacial score (nSPS) is 11.8. The summed E-state index contributed by atoms with van der Waals surface area (Å²) in [5.74, 6) is -0.525. The number of benzene rings is 1. The number of carbonyl (C=O) groups is 1. The fraction of sp³-hybridized carbons (Fsp3) is 0.200. The highest BCUT2D eigenvalue weighted by molar-refractivity contribution is 6.35. The van der Waals surface area contributed by atoms with Crippen LogP contribution >= 0.6 is 23.2 Å². The lowest BCUT2D eigenvalue weighted by Crippen LogP contribution is -2.36. The molecule has 2 rings (SSSR count). The van der Waals surface area contributed by atoms with Crippen molar-refractivity contribution in [1.82, 2.24) is 10.3 Å². The van der Waals surface area contributed by atoms with Crippen molar-refractivity contribution < 1.29 is 13.9 Å². The van der Waals surface area contributed by atoms with Crippen LogP contribution in [0.5, 0.6) is 5.88 Å². The molecule has 1 amide bonds. The summed E-state index contributed by atoms with van der Waals surface area (Å²) in [5, 5.41) is 3.29. The van der Waals surface area contributed by atoms with Gasteiger partial charge in [0.1, 0.15) is 10.8 Å². The van der Waals surface area contributed by atoms with Crippen molar-refractivity contribution in [3.8, 4) is 5.88 Å². The lowest BCUT2D eigenvalue weighted by atomic mass is 10.2. The SMILES string of the molecule is CC(Oc1ncc(Cl)cc1Cl)C(=O)NCc1ccc(F)cc1. The van der Waals surface area contributed by atoms with E-state index in [1.54, 1.807) is 19.1 Å². The van der Waals surface area contributed by atoms with Crippen LogP contribution in [0, 0.1) is 5.82 Å². The molecular weight excluding hydrogens is 330 g/mol. The molecule has 22 heavy (non-hydrogen) atoms. The molecule has 0 saturated carbocycles. The van der Waals surface area contributed by atoms with Crippen molar-refractivity contribution in [2.45, 2.75) is 19.6 Å². The number of halogens is 3. The number of nitrogens with zero attached hydrogens (tertiary/aromatic N) is 1. The van der Waals surface area contributed by atoms with E-state index in [1.807, 2.05) is 0 Å². The average Bonchev–Trinajstić information content (AvgIpc) is 2.49. The van der Waals surface area contributed by atoms with E-state index >= 15 is 0 Å². The van der Waals surface area contributed by atoms with Gasteiger partial charge in [-0.15, -0.1) is 0 Å². The molecular formula is C15H13Cl2FN2O2. The first kappa shape index (κ1) is 16.5. The van der Waals surface area contributed by atoms with E-state index in [4.69, 9.17) is 27.9 Å². The van der Waals surface area contributed by atoms with Gasteiger partial charge in [-0.1, -0.05) is 35.3 Å². The van der Waals surface area contributed by atoms with Gasteiger partial charge in [0, 0.05) is 12.7 Å². The Kier molecular flexibility index (Phi) is 5.57. The van der Waals surface area contributed by atoms with Crippen molar-refractivity contribution in [1.29, 1.82) is 0 Å². The lowest BCUT2D eigenvalue weighted by molar-refractivity contribution is -0.127. The van der Waals surface area contributed by atoms with Gasteiger partial charge in [0.25, 0.3) is 5.91 Å². The number of amides is 1. The highest BCUT2D eigenvalue weighted by atomic mass is 35.5. The summed E-state index contributed by atoms with van der Waals surface area (Å²) in [7, 11) is 0. The maximum absolute atomic E-state index is 12.8. The summed E-state index contributed by atoms with van der Waals surface area (Å²) in [5.41, 5.74) is 0.782. The molecule has 1 heterocycles. The van der Waals surface area contributed by atoms with E-state index < -0.39 is 6.10 Å². The van der Waals surface area contributed by atoms with Gasteiger partial charge in [0.15, 0.2) is 6.10 Å². The van der Waals surface area contributed by atoms with E-state index in [1.165, 1.54) is 24.4 Å². The van der Waals surface area contributed by atoms with E-state index in [0.29, 0.717) is 5.02 Å². The third kappa shape index (κ3) is 4.58. The topological polar surface area (TPSA) is 51.2 Å². The molecule has 0 aliphatic carbocycles. The van der Waals surface area contributed by atoms with E-state index in [0.717, 1.165) is 5.56 Å². The second-order valence-electron chi connectivity index (χ2n) is 4.54. The predicted octanol–water partition coefficient (Wildman–Crippen LogP) is 3.61. The van der Waals surface area contributed by atoms with Crippen molar-refractivity contribution in [3.63, 3.8) is 0 Å². The molecule has 116 valence electrons. The summed E-state index contributed by atoms with van der Waals surface area (Å²) in [4.78, 5) is 15.9. The number of hydrogen-bond acceptors (Lipinski definition) is 3. The van der Waals surface area contributed by atoms with Gasteiger partial charge in [-0.25, -0.2) is 9.37 Å². The fourth-order valence-corrected chi connectivity index (χ4v) is 2.07. The monoisotopic (exact) mass is 342 g/mol. The van der Waals surface area contributed by atoms with Crippen LogP contribution in [-0.4, -0.2) is 17.0 Å². The summed E-state index contributed by atoms with van der Waals surface area (Å²) in [6.07, 6.45) is 0.595. The largest absolute Gasteiger partial charge is 0.463 e. The summed E-state index contributed by atoms with van der Waals surface area (Å²) < 4.78 is 18.2. The molecule has 1 N–H and O–H groups in total. The molecule has 7 heteroatoms. The van der Waals surface area contributed by atoms with Crippen molar-refractivity contribution in [2.75, 3.05) is 0 Å². The zero-order valence-electron chi connectivity index (χ0n) is 11.6. The van der Waals surface area contributed by atoms with Crippen LogP contribution in [0.3, 0.4) is 0 Å². The number of aromatic nitrogens is 1. The molecule has 1 atom stereocenters. The van der Waals surface area contributed by atoms with Crippen LogP contribution in [0.2, 0.25) is 10.0 Å². The third-order valence-corrected chi connectivity index (χ3v) is 3.29. The molecule has 1 aromatic heterocycles. The summed E-state index contributed by atoms with van der Waals surface area (Å²) in [6, 6.07) is 7.34. The van der Waals surface area contributed by atoms with Gasteiger partial charge >= 0.3 is 0 Å². The van der Waals surface area contributed by atoms with Crippen LogP contribution < -0.4 is 10.1 Å². The molecule has 0 radical (unpaired) electrons. The average molecular weight is 343 g/mol. The van der Waals surface area contributed by atoms with E-state index in [2.05, 4.69) is 10.3 Å². The number of nitrogens with one attached hydrogen (secondary N) is 1. The second kappa shape index (κ2) is 7.42. The minimum atomic E-state index is -0.786. The number of pyridine rings is 1. The molecule has 0 aliphatic heterocycles. The highest BCUT2D eigenvalue weighted by Crippen LogP contribution is 2.25. The Balaban J connectivity index is 1.90. The lowest BCUT2D eigenvalue weighted by Gasteiger charge is -2.14. The number of ether oxygens (including phenoxy) is 1. The molecule has 0 saturated heterocycles. The van der Waals surface area contributed by atoms with Gasteiger partial charge in [-0.3, -0.25) is 4.79 Å². The van der Waals surface area contributed by atoms with E-state index in [9.17, 15) is 9.18 Å². The molecule has 4 nitrogen and oxygen atoms in total. The zero-order chi connectivity index (χ0) is 16.1. The predicted molar refractivity (Wildman–Crippen MR) is 82.6 cm³/mol. The van der Waals surface area contributed by atoms with Crippen LogP contribution in [0.15, 0.2) is 36.5 Å². The molecule has 1 unspecified atom stereocenters. The Hall–Kier alpha value is -1.85. The maximum atomic E-state index is 12.8. The Morgan fingerprint density at radius 3 is 2.68 bits per heavy atom. The molecule has 0 aliphatic rings. The van der Waals surface area contributed by atoms with Crippen LogP contribution in [-0.2, 0) is 11.3 Å². The van der Waals surface area contributed by atoms with E-state index in [-0.39, 0.29) is 29.2 Å². The summed E-state index contributed by atoms with van der Waals surface area (Å²) >= 11 is 11.7. The smallest absolute Gasteiger partial charge is 0.261 e. The minimum absolute atomic E-state index is 0.135. The van der Waals surface area contributed by atoms with Gasteiger partial charge in [0.2, 0.25) is 5.88 Å². The van der Waals surface area contributed by atoms with Gasteiger partial charge in [0.05, 0.1) is 5.02 Å². The van der Waals surface area contributed by atoms with Gasteiger partial charge < -0.3 is 10.1 Å². The number of rotatable bonds is 5. The standard InChI is InChI=1S/C15H13Cl2FN2O2/c1-9(22-15-13(17)6-11(16)8-20-15)14(21)19-7-10-2-4-12(18)5-3-10/h2-6,8-9H,7H2,1H3,(H,19,21). The molecule has 1 aromatic carbocycles. The Labute approximate surface area is 137 Å². The fourth-order valence-electron chi connectivity index (χ4n) is 1.64. The Morgan fingerprint density at radius 2 is 2.05 bits per heavy atom. The Bertz CT molecular complexity index is 665. The molecule has 0 fully saturated rings. The number of carbonyl (C=O) groups excluding carboxylic acids is 1. The van der Waals surface area contributed by atoms with Crippen LogP contribution in [0.25, 0.3) is 0 Å². The Morgan fingerprint density at radius 1 is 1.36 bits per heavy atom. The summed E-state index contributed by atoms with van der Waals surface area (Å²) in [6.45, 7) is 1.85. The second-order valence-corrected chi connectivity index (χ2v) is 5.39. The quantitative estimate of drug-likeness (QED) is 0.902. The third-order valence-electron chi connectivity index (χ3n) is 2.81. The van der Waals surface area contributed by atoms with Gasteiger partial charge in [-0.05, 0) is 30.7 Å². The first-order valence-electron chi connectivity index (χ1n) is 6.45. The van der Waals surface area contributed by atoms with Crippen molar-refractivity contribution in [2.24, 2.45) is 0 Å². The molecule has 0 bridgehead atoms. The number of hydrogen-bond donors (Lipinski definition) is 1. The zero-order valence-corrected chi connectivity index (χ0v) is 13.2. The minimum Gasteiger partial charge on any atom is -0.463 e. The molecule has 2 aromatic rings. The first-order chi connectivity index (χ1) is 10.5. The first-order valence-corrected chi connectivity index (χ1v) is 7.21.